The smallest absolute Gasteiger partial charge is 0.406 e. The zero-order valence-corrected chi connectivity index (χ0v) is 9.45. The molecule has 0 unspecified atom stereocenters. The highest BCUT2D eigenvalue weighted by molar-refractivity contribution is 9.10. The van der Waals surface area contributed by atoms with E-state index in [9.17, 15) is 13.2 Å². The number of ether oxygens (including phenoxy) is 1. The number of alkyl halides is 3. The molecule has 0 saturated heterocycles. The third kappa shape index (κ3) is 3.95. The first-order valence-corrected chi connectivity index (χ1v) is 4.79. The monoisotopic (exact) mass is 280 g/mol. The summed E-state index contributed by atoms with van der Waals surface area (Å²) >= 11 is 3.10. The van der Waals surface area contributed by atoms with Crippen molar-refractivity contribution in [3.8, 4) is 5.75 Å². The van der Waals surface area contributed by atoms with Crippen LogP contribution in [-0.2, 0) is 0 Å². The third-order valence-corrected chi connectivity index (χ3v) is 2.06. The largest absolute Gasteiger partial charge is 0.573 e. The Kier molecular flexibility index (Phi) is 3.44. The molecule has 0 aromatic heterocycles. The van der Waals surface area contributed by atoms with Crippen LogP contribution in [0, 0.1) is 0 Å². The van der Waals surface area contributed by atoms with Gasteiger partial charge in [-0.2, -0.15) is 0 Å². The van der Waals surface area contributed by atoms with Crippen LogP contribution in [0.25, 0.3) is 5.57 Å². The molecule has 0 amide bonds. The summed E-state index contributed by atoms with van der Waals surface area (Å²) in [6.07, 6.45) is -4.67. The molecule has 0 fully saturated rings. The molecule has 1 aromatic carbocycles. The second kappa shape index (κ2) is 4.26. The highest BCUT2D eigenvalue weighted by atomic mass is 79.9. The van der Waals surface area contributed by atoms with Crippen molar-refractivity contribution in [3.63, 3.8) is 0 Å². The molecule has 0 atom stereocenters. The van der Waals surface area contributed by atoms with Gasteiger partial charge in [0.2, 0.25) is 0 Å². The van der Waals surface area contributed by atoms with E-state index in [1.165, 1.54) is 12.1 Å². The molecule has 0 spiro atoms. The van der Waals surface area contributed by atoms with Crippen LogP contribution in [0.2, 0.25) is 0 Å². The first kappa shape index (κ1) is 12.1. The fraction of sp³-hybridized carbons (Fsp3) is 0.200. The quantitative estimate of drug-likeness (QED) is 0.781. The van der Waals surface area contributed by atoms with E-state index in [4.69, 9.17) is 0 Å². The summed E-state index contributed by atoms with van der Waals surface area (Å²) in [5, 5.41) is 0. The Balaban J connectivity index is 3.04. The van der Waals surface area contributed by atoms with Gasteiger partial charge in [0, 0.05) is 4.47 Å². The minimum absolute atomic E-state index is 0.255. The molecular formula is C10H8BrF3O. The second-order valence-electron chi connectivity index (χ2n) is 3.00. The fourth-order valence-corrected chi connectivity index (χ4v) is 1.47. The third-order valence-electron chi connectivity index (χ3n) is 1.60. The van der Waals surface area contributed by atoms with Crippen LogP contribution in [0.3, 0.4) is 0 Å². The maximum absolute atomic E-state index is 11.9. The molecule has 0 N–H and O–H groups in total. The zero-order valence-electron chi connectivity index (χ0n) is 7.86. The van der Waals surface area contributed by atoms with Gasteiger partial charge in [0.25, 0.3) is 0 Å². The van der Waals surface area contributed by atoms with Crippen LogP contribution in [0.1, 0.15) is 12.5 Å². The van der Waals surface area contributed by atoms with Gasteiger partial charge in [0.15, 0.2) is 0 Å². The summed E-state index contributed by atoms with van der Waals surface area (Å²) in [5.74, 6) is -0.255. The van der Waals surface area contributed by atoms with Gasteiger partial charge in [0.1, 0.15) is 5.75 Å². The Labute approximate surface area is 93.7 Å². The molecule has 1 rings (SSSR count). The van der Waals surface area contributed by atoms with E-state index in [1.54, 1.807) is 13.0 Å². The normalized spacial score (nSPS) is 11.3. The van der Waals surface area contributed by atoms with Gasteiger partial charge in [-0.3, -0.25) is 0 Å². The summed E-state index contributed by atoms with van der Waals surface area (Å²) in [4.78, 5) is 0. The van der Waals surface area contributed by atoms with Crippen molar-refractivity contribution >= 4 is 21.5 Å². The van der Waals surface area contributed by atoms with Gasteiger partial charge in [-0.05, 0) is 30.7 Å². The summed E-state index contributed by atoms with van der Waals surface area (Å²) < 4.78 is 40.2. The van der Waals surface area contributed by atoms with E-state index >= 15 is 0 Å². The standard InChI is InChI=1S/C10H8BrF3O/c1-6(2)7-3-8(11)5-9(4-7)15-10(12,13)14/h3-5H,1H2,2H3. The van der Waals surface area contributed by atoms with Crippen molar-refractivity contribution in [1.82, 2.24) is 0 Å². The number of allylic oxidation sites excluding steroid dienone is 1. The minimum Gasteiger partial charge on any atom is -0.406 e. The van der Waals surface area contributed by atoms with Crippen LogP contribution in [0.15, 0.2) is 29.3 Å². The molecule has 0 saturated carbocycles. The second-order valence-corrected chi connectivity index (χ2v) is 3.92. The number of hydrogen-bond acceptors (Lipinski definition) is 1. The molecule has 0 aliphatic rings. The van der Waals surface area contributed by atoms with Gasteiger partial charge >= 0.3 is 6.36 Å². The molecule has 0 aliphatic heterocycles. The lowest BCUT2D eigenvalue weighted by molar-refractivity contribution is -0.274. The SMILES string of the molecule is C=C(C)c1cc(Br)cc(OC(F)(F)F)c1. The predicted molar refractivity (Wildman–Crippen MR) is 55.5 cm³/mol. The number of hydrogen-bond donors (Lipinski definition) is 0. The molecule has 0 radical (unpaired) electrons. The highest BCUT2D eigenvalue weighted by Gasteiger charge is 2.31. The van der Waals surface area contributed by atoms with Crippen molar-refractivity contribution in [3.05, 3.63) is 34.8 Å². The molecule has 0 aliphatic carbocycles. The fourth-order valence-electron chi connectivity index (χ4n) is 1.00. The lowest BCUT2D eigenvalue weighted by atomic mass is 10.1. The minimum atomic E-state index is -4.67. The van der Waals surface area contributed by atoms with Crippen molar-refractivity contribution in [2.24, 2.45) is 0 Å². The first-order chi connectivity index (χ1) is 6.78. The lowest BCUT2D eigenvalue weighted by Gasteiger charge is -2.10. The molecule has 0 heterocycles. The lowest BCUT2D eigenvalue weighted by Crippen LogP contribution is -2.17. The van der Waals surface area contributed by atoms with Gasteiger partial charge in [-0.15, -0.1) is 13.2 Å². The first-order valence-electron chi connectivity index (χ1n) is 4.00. The average molecular weight is 281 g/mol. The van der Waals surface area contributed by atoms with Crippen LogP contribution in [-0.4, -0.2) is 6.36 Å². The van der Waals surface area contributed by atoms with Crippen molar-refractivity contribution in [1.29, 1.82) is 0 Å². The number of rotatable bonds is 2. The molecule has 82 valence electrons. The highest BCUT2D eigenvalue weighted by Crippen LogP contribution is 2.29. The van der Waals surface area contributed by atoms with E-state index in [1.807, 2.05) is 0 Å². The Bertz CT molecular complexity index is 385. The molecular weight excluding hydrogens is 273 g/mol. The average Bonchev–Trinajstić information content (AvgIpc) is 1.99. The van der Waals surface area contributed by atoms with E-state index < -0.39 is 6.36 Å². The predicted octanol–water partition coefficient (Wildman–Crippen LogP) is 4.38. The molecule has 1 nitrogen and oxygen atoms in total. The zero-order chi connectivity index (χ0) is 11.6. The Hall–Kier alpha value is -0.970. The number of halogens is 4. The molecule has 0 bridgehead atoms. The van der Waals surface area contributed by atoms with Crippen LogP contribution < -0.4 is 4.74 Å². The Morgan fingerprint density at radius 1 is 1.33 bits per heavy atom. The van der Waals surface area contributed by atoms with Crippen molar-refractivity contribution in [2.45, 2.75) is 13.3 Å². The van der Waals surface area contributed by atoms with E-state index in [-0.39, 0.29) is 5.75 Å². The number of benzene rings is 1. The Morgan fingerprint density at radius 2 is 1.93 bits per heavy atom. The topological polar surface area (TPSA) is 9.23 Å². The van der Waals surface area contributed by atoms with Gasteiger partial charge in [0.05, 0.1) is 0 Å². The van der Waals surface area contributed by atoms with E-state index in [0.717, 1.165) is 0 Å². The summed E-state index contributed by atoms with van der Waals surface area (Å²) in [6, 6.07) is 4.21. The Morgan fingerprint density at radius 3 is 2.40 bits per heavy atom. The van der Waals surface area contributed by atoms with Crippen molar-refractivity contribution < 1.29 is 17.9 Å². The van der Waals surface area contributed by atoms with E-state index in [0.29, 0.717) is 15.6 Å². The van der Waals surface area contributed by atoms with Crippen LogP contribution in [0.5, 0.6) is 5.75 Å². The van der Waals surface area contributed by atoms with Gasteiger partial charge < -0.3 is 4.74 Å². The van der Waals surface area contributed by atoms with Crippen LogP contribution in [0.4, 0.5) is 13.2 Å². The molecule has 15 heavy (non-hydrogen) atoms. The molecule has 1 aromatic rings. The summed E-state index contributed by atoms with van der Waals surface area (Å²) in [6.45, 7) is 5.35. The summed E-state index contributed by atoms with van der Waals surface area (Å²) in [7, 11) is 0. The van der Waals surface area contributed by atoms with Gasteiger partial charge in [-0.1, -0.05) is 28.1 Å². The maximum atomic E-state index is 11.9. The van der Waals surface area contributed by atoms with E-state index in [2.05, 4.69) is 27.2 Å². The van der Waals surface area contributed by atoms with Crippen molar-refractivity contribution in [2.75, 3.05) is 0 Å². The van der Waals surface area contributed by atoms with Gasteiger partial charge in [-0.25, -0.2) is 0 Å². The van der Waals surface area contributed by atoms with Crippen LogP contribution >= 0.6 is 15.9 Å². The maximum Gasteiger partial charge on any atom is 0.573 e. The summed E-state index contributed by atoms with van der Waals surface area (Å²) in [5.41, 5.74) is 1.27. The molecule has 5 heteroatoms.